The highest BCUT2D eigenvalue weighted by molar-refractivity contribution is 5.60. The van der Waals surface area contributed by atoms with E-state index in [1.165, 1.54) is 0 Å². The molecule has 0 aromatic carbocycles. The van der Waals surface area contributed by atoms with Gasteiger partial charge in [-0.1, -0.05) is 5.21 Å². The van der Waals surface area contributed by atoms with E-state index in [9.17, 15) is 4.79 Å². The largest absolute Gasteiger partial charge is 0.303 e. The highest BCUT2D eigenvalue weighted by Gasteiger charge is 2.20. The summed E-state index contributed by atoms with van der Waals surface area (Å²) in [5, 5.41) is 7.62. The van der Waals surface area contributed by atoms with Gasteiger partial charge in [0.15, 0.2) is 0 Å². The van der Waals surface area contributed by atoms with Gasteiger partial charge in [-0.25, -0.2) is 4.68 Å². The standard InChI is InChI=1S/C7H9N3O/c11-5-6-2-1-3-10-7(6)4-8-9-10/h4-6H,1-3H2. The van der Waals surface area contributed by atoms with E-state index < -0.39 is 0 Å². The Morgan fingerprint density at radius 2 is 2.64 bits per heavy atom. The predicted molar refractivity (Wildman–Crippen MR) is 38.1 cm³/mol. The van der Waals surface area contributed by atoms with Crippen LogP contribution in [0, 0.1) is 0 Å². The van der Waals surface area contributed by atoms with E-state index in [1.807, 2.05) is 4.68 Å². The summed E-state index contributed by atoms with van der Waals surface area (Å²) in [7, 11) is 0. The first-order valence-corrected chi connectivity index (χ1v) is 3.75. The summed E-state index contributed by atoms with van der Waals surface area (Å²) in [6.45, 7) is 0.902. The number of nitrogens with zero attached hydrogens (tertiary/aromatic N) is 3. The Hall–Kier alpha value is -1.19. The molecule has 1 aromatic rings. The van der Waals surface area contributed by atoms with Crippen molar-refractivity contribution in [2.45, 2.75) is 25.3 Å². The van der Waals surface area contributed by atoms with Crippen molar-refractivity contribution in [1.82, 2.24) is 15.0 Å². The molecule has 0 radical (unpaired) electrons. The monoisotopic (exact) mass is 151 g/mol. The number of carbonyl (C=O) groups excluding carboxylic acids is 1. The second-order valence-electron chi connectivity index (χ2n) is 2.77. The Balaban J connectivity index is 2.39. The molecule has 0 fully saturated rings. The third-order valence-corrected chi connectivity index (χ3v) is 2.08. The maximum Gasteiger partial charge on any atom is 0.129 e. The first-order chi connectivity index (χ1) is 5.42. The summed E-state index contributed by atoms with van der Waals surface area (Å²) in [6.07, 6.45) is 4.63. The zero-order valence-corrected chi connectivity index (χ0v) is 6.10. The van der Waals surface area contributed by atoms with E-state index in [-0.39, 0.29) is 5.92 Å². The van der Waals surface area contributed by atoms with Crippen molar-refractivity contribution in [2.75, 3.05) is 0 Å². The second kappa shape index (κ2) is 2.45. The van der Waals surface area contributed by atoms with Crippen molar-refractivity contribution in [3.05, 3.63) is 11.9 Å². The summed E-state index contributed by atoms with van der Waals surface area (Å²) in [6, 6.07) is 0. The van der Waals surface area contributed by atoms with Crippen molar-refractivity contribution in [3.63, 3.8) is 0 Å². The Morgan fingerprint density at radius 1 is 1.73 bits per heavy atom. The fourth-order valence-electron chi connectivity index (χ4n) is 1.47. The molecule has 2 rings (SSSR count). The topological polar surface area (TPSA) is 47.8 Å². The van der Waals surface area contributed by atoms with Gasteiger partial charge in [0, 0.05) is 6.54 Å². The summed E-state index contributed by atoms with van der Waals surface area (Å²) in [5.74, 6) is 0.0266. The normalized spacial score (nSPS) is 22.7. The summed E-state index contributed by atoms with van der Waals surface area (Å²) < 4.78 is 1.81. The quantitative estimate of drug-likeness (QED) is 0.544. The lowest BCUT2D eigenvalue weighted by atomic mass is 9.98. The fourth-order valence-corrected chi connectivity index (χ4v) is 1.47. The third kappa shape index (κ3) is 0.943. The Morgan fingerprint density at radius 3 is 3.45 bits per heavy atom. The first kappa shape index (κ1) is 6.52. The second-order valence-corrected chi connectivity index (χ2v) is 2.77. The van der Waals surface area contributed by atoms with Crippen molar-refractivity contribution in [1.29, 1.82) is 0 Å². The molecule has 1 atom stereocenters. The van der Waals surface area contributed by atoms with Crippen LogP contribution in [0.2, 0.25) is 0 Å². The lowest BCUT2D eigenvalue weighted by Gasteiger charge is -2.16. The minimum atomic E-state index is 0.0266. The molecule has 0 N–H and O–H groups in total. The van der Waals surface area contributed by atoms with Crippen molar-refractivity contribution in [3.8, 4) is 0 Å². The van der Waals surface area contributed by atoms with E-state index >= 15 is 0 Å². The lowest BCUT2D eigenvalue weighted by Crippen LogP contribution is -2.16. The first-order valence-electron chi connectivity index (χ1n) is 3.75. The summed E-state index contributed by atoms with van der Waals surface area (Å²) in [4.78, 5) is 10.6. The molecule has 2 heterocycles. The third-order valence-electron chi connectivity index (χ3n) is 2.08. The Bertz CT molecular complexity index is 268. The molecule has 0 spiro atoms. The van der Waals surface area contributed by atoms with Crippen LogP contribution < -0.4 is 0 Å². The van der Waals surface area contributed by atoms with Crippen molar-refractivity contribution >= 4 is 6.29 Å². The number of carbonyl (C=O) groups is 1. The van der Waals surface area contributed by atoms with E-state index in [0.29, 0.717) is 0 Å². The summed E-state index contributed by atoms with van der Waals surface area (Å²) in [5.41, 5.74) is 0.964. The molecule has 4 nitrogen and oxygen atoms in total. The van der Waals surface area contributed by atoms with Gasteiger partial charge >= 0.3 is 0 Å². The Kier molecular flexibility index (Phi) is 1.45. The zero-order valence-electron chi connectivity index (χ0n) is 6.10. The van der Waals surface area contributed by atoms with Crippen molar-refractivity contribution < 1.29 is 4.79 Å². The van der Waals surface area contributed by atoms with Crippen molar-refractivity contribution in [2.24, 2.45) is 0 Å². The van der Waals surface area contributed by atoms with Crippen LogP contribution >= 0.6 is 0 Å². The van der Waals surface area contributed by atoms with Gasteiger partial charge in [-0.2, -0.15) is 0 Å². The van der Waals surface area contributed by atoms with E-state index in [4.69, 9.17) is 0 Å². The number of aldehydes is 1. The van der Waals surface area contributed by atoms with Crippen LogP contribution in [0.25, 0.3) is 0 Å². The Labute approximate surface area is 64.2 Å². The molecule has 0 bridgehead atoms. The SMILES string of the molecule is O=CC1CCCn2nncc21. The van der Waals surface area contributed by atoms with Crippen LogP contribution in [-0.4, -0.2) is 21.3 Å². The number of hydrogen-bond acceptors (Lipinski definition) is 3. The minimum Gasteiger partial charge on any atom is -0.303 e. The van der Waals surface area contributed by atoms with Crippen LogP contribution in [0.3, 0.4) is 0 Å². The smallest absolute Gasteiger partial charge is 0.129 e. The molecule has 4 heteroatoms. The van der Waals surface area contributed by atoms with Gasteiger partial charge in [-0.05, 0) is 12.8 Å². The van der Waals surface area contributed by atoms with Crippen LogP contribution in [0.5, 0.6) is 0 Å². The van der Waals surface area contributed by atoms with E-state index in [2.05, 4.69) is 10.3 Å². The molecule has 1 aliphatic rings. The maximum atomic E-state index is 10.6. The molecule has 0 amide bonds. The van der Waals surface area contributed by atoms with Crippen LogP contribution in [0.15, 0.2) is 6.20 Å². The zero-order chi connectivity index (χ0) is 7.68. The average molecular weight is 151 g/mol. The highest BCUT2D eigenvalue weighted by atomic mass is 16.1. The van der Waals surface area contributed by atoms with Gasteiger partial charge in [0.1, 0.15) is 6.29 Å². The van der Waals surface area contributed by atoms with E-state index in [1.54, 1.807) is 6.20 Å². The fraction of sp³-hybridized carbons (Fsp3) is 0.571. The molecule has 58 valence electrons. The van der Waals surface area contributed by atoms with Crippen LogP contribution in [-0.2, 0) is 11.3 Å². The van der Waals surface area contributed by atoms with Gasteiger partial charge in [-0.15, -0.1) is 5.10 Å². The number of hydrogen-bond donors (Lipinski definition) is 0. The van der Waals surface area contributed by atoms with Crippen LogP contribution in [0.4, 0.5) is 0 Å². The molecule has 1 unspecified atom stereocenters. The minimum absolute atomic E-state index is 0.0266. The molecule has 1 aliphatic heterocycles. The van der Waals surface area contributed by atoms with Gasteiger partial charge < -0.3 is 4.79 Å². The molecule has 0 saturated heterocycles. The van der Waals surface area contributed by atoms with Gasteiger partial charge in [0.25, 0.3) is 0 Å². The van der Waals surface area contributed by atoms with E-state index in [0.717, 1.165) is 31.4 Å². The highest BCUT2D eigenvalue weighted by Crippen LogP contribution is 2.22. The lowest BCUT2D eigenvalue weighted by molar-refractivity contribution is -0.109. The summed E-state index contributed by atoms with van der Waals surface area (Å²) >= 11 is 0. The number of aromatic nitrogens is 3. The number of aryl methyl sites for hydroxylation is 1. The molecule has 1 aromatic heterocycles. The van der Waals surface area contributed by atoms with Gasteiger partial charge in [0.2, 0.25) is 0 Å². The molecule has 0 aliphatic carbocycles. The molecule has 11 heavy (non-hydrogen) atoms. The molecular formula is C7H9N3O. The van der Waals surface area contributed by atoms with Gasteiger partial charge in [0.05, 0.1) is 17.8 Å². The molecular weight excluding hydrogens is 142 g/mol. The predicted octanol–water partition coefficient (Wildman–Crippen LogP) is 0.354. The average Bonchev–Trinajstić information content (AvgIpc) is 2.50. The maximum absolute atomic E-state index is 10.6. The molecule has 0 saturated carbocycles. The van der Waals surface area contributed by atoms with Crippen LogP contribution in [0.1, 0.15) is 24.5 Å². The number of rotatable bonds is 1. The van der Waals surface area contributed by atoms with Gasteiger partial charge in [-0.3, -0.25) is 0 Å². The number of fused-ring (bicyclic) bond motifs is 1.